The zero-order valence-electron chi connectivity index (χ0n) is 18.1. The van der Waals surface area contributed by atoms with Gasteiger partial charge >= 0.3 is 0 Å². The summed E-state index contributed by atoms with van der Waals surface area (Å²) in [7, 11) is 1.63. The quantitative estimate of drug-likeness (QED) is 0.400. The molecule has 2 atom stereocenters. The van der Waals surface area contributed by atoms with Crippen LogP contribution in [0.25, 0.3) is 5.70 Å². The number of rotatable bonds is 9. The van der Waals surface area contributed by atoms with Crippen LogP contribution in [0.2, 0.25) is 0 Å². The third kappa shape index (κ3) is 5.01. The van der Waals surface area contributed by atoms with Gasteiger partial charge in [-0.05, 0) is 55.2 Å². The lowest BCUT2D eigenvalue weighted by molar-refractivity contribution is 0.306. The number of nitrogens with zero attached hydrogens (tertiary/aromatic N) is 1. The zero-order chi connectivity index (χ0) is 19.8. The molecule has 2 aliphatic rings. The molecule has 2 unspecified atom stereocenters. The van der Waals surface area contributed by atoms with E-state index >= 15 is 0 Å². The molecule has 2 aliphatic carbocycles. The van der Waals surface area contributed by atoms with Gasteiger partial charge in [0.15, 0.2) is 0 Å². The summed E-state index contributed by atoms with van der Waals surface area (Å²) >= 11 is 0. The van der Waals surface area contributed by atoms with Gasteiger partial charge in [0.2, 0.25) is 0 Å². The largest absolute Gasteiger partial charge is 0.495 e. The molecular weight excluding hydrogens is 361 g/mol. The number of ether oxygens (including phenoxy) is 1. The second-order valence-corrected chi connectivity index (χ2v) is 10.9. The van der Waals surface area contributed by atoms with E-state index in [9.17, 15) is 0 Å². The van der Waals surface area contributed by atoms with E-state index < -0.39 is 0 Å². The molecule has 0 amide bonds. The molecule has 3 rings (SSSR count). The van der Waals surface area contributed by atoms with Crippen LogP contribution in [0.1, 0.15) is 78.1 Å². The molecule has 0 spiro atoms. The first-order valence-electron chi connectivity index (χ1n) is 11.4. The Kier molecular flexibility index (Phi) is 8.46. The molecule has 28 heavy (non-hydrogen) atoms. The predicted molar refractivity (Wildman–Crippen MR) is 125 cm³/mol. The fraction of sp³-hybridized carbons (Fsp3) is 0.600. The third-order valence-electron chi connectivity index (χ3n) is 6.32. The molecule has 0 aromatic carbocycles. The van der Waals surface area contributed by atoms with Crippen molar-refractivity contribution >= 4 is 19.1 Å². The first-order chi connectivity index (χ1) is 13.8. The molecule has 0 radical (unpaired) electrons. The number of hydrogen-bond acceptors (Lipinski definition) is 1. The molecule has 0 N–H and O–H groups in total. The predicted octanol–water partition coefficient (Wildman–Crippen LogP) is 7.23. The summed E-state index contributed by atoms with van der Waals surface area (Å²) in [5.41, 5.74) is 4.61. The molecular formula is C25H38NOP. The summed E-state index contributed by atoms with van der Waals surface area (Å²) in [4.78, 5) is 0. The van der Waals surface area contributed by atoms with Gasteiger partial charge in [0, 0.05) is 18.1 Å². The van der Waals surface area contributed by atoms with Crippen molar-refractivity contribution in [3.63, 3.8) is 0 Å². The second-order valence-electron chi connectivity index (χ2n) is 8.15. The lowest BCUT2D eigenvalue weighted by Crippen LogP contribution is -2.28. The molecule has 154 valence electrons. The molecule has 0 bridgehead atoms. The van der Waals surface area contributed by atoms with Crippen LogP contribution in [0.4, 0.5) is 0 Å². The van der Waals surface area contributed by atoms with Crippen LogP contribution in [0.3, 0.4) is 0 Å². The van der Waals surface area contributed by atoms with Crippen LogP contribution in [0.5, 0.6) is 0 Å². The summed E-state index contributed by atoms with van der Waals surface area (Å²) in [6, 6.07) is 4.69. The molecule has 3 heteroatoms. The van der Waals surface area contributed by atoms with Crippen LogP contribution < -0.4 is 5.44 Å². The summed E-state index contributed by atoms with van der Waals surface area (Å²) in [6.07, 6.45) is 24.3. The highest BCUT2D eigenvalue weighted by Crippen LogP contribution is 2.53. The maximum absolute atomic E-state index is 5.78. The van der Waals surface area contributed by atoms with Crippen LogP contribution in [0.15, 0.2) is 48.4 Å². The van der Waals surface area contributed by atoms with E-state index in [4.69, 9.17) is 4.74 Å². The highest BCUT2D eigenvalue weighted by Gasteiger charge is 2.32. The monoisotopic (exact) mass is 399 g/mol. The Balaban J connectivity index is 2.01. The minimum atomic E-state index is -0.165. The normalized spacial score (nSPS) is 20.2. The van der Waals surface area contributed by atoms with E-state index in [1.165, 1.54) is 63.5 Å². The maximum Gasteiger partial charge on any atom is 0.138 e. The number of unbranched alkanes of at least 4 members (excludes halogenated alkanes) is 1. The van der Waals surface area contributed by atoms with Gasteiger partial charge in [-0.1, -0.05) is 72.1 Å². The van der Waals surface area contributed by atoms with Crippen LogP contribution in [0, 0.1) is 0 Å². The fourth-order valence-electron chi connectivity index (χ4n) is 4.82. The van der Waals surface area contributed by atoms with E-state index in [-0.39, 0.29) is 7.92 Å². The average Bonchev–Trinajstić information content (AvgIpc) is 3.08. The van der Waals surface area contributed by atoms with E-state index in [1.54, 1.807) is 12.5 Å². The smallest absolute Gasteiger partial charge is 0.138 e. The highest BCUT2D eigenvalue weighted by molar-refractivity contribution is 7.66. The minimum Gasteiger partial charge on any atom is -0.495 e. The highest BCUT2D eigenvalue weighted by atomic mass is 31.1. The SMILES string of the molecule is CCCCC(CC)P(c1cccn1C1=C(OC)C=CC=CC1)C1CCCCC1. The van der Waals surface area contributed by atoms with Gasteiger partial charge in [-0.2, -0.15) is 0 Å². The summed E-state index contributed by atoms with van der Waals surface area (Å²) in [6.45, 7) is 4.75. The van der Waals surface area contributed by atoms with E-state index in [0.717, 1.165) is 23.5 Å². The molecule has 1 aromatic heterocycles. The lowest BCUT2D eigenvalue weighted by Gasteiger charge is -2.37. The molecule has 1 aromatic rings. The van der Waals surface area contributed by atoms with Crippen molar-refractivity contribution in [2.75, 3.05) is 7.11 Å². The maximum atomic E-state index is 5.78. The van der Waals surface area contributed by atoms with E-state index in [0.29, 0.717) is 0 Å². The van der Waals surface area contributed by atoms with Crippen molar-refractivity contribution in [1.82, 2.24) is 4.57 Å². The molecule has 1 saturated carbocycles. The third-order valence-corrected chi connectivity index (χ3v) is 9.92. The van der Waals surface area contributed by atoms with Gasteiger partial charge < -0.3 is 9.30 Å². The van der Waals surface area contributed by atoms with Crippen molar-refractivity contribution in [1.29, 1.82) is 0 Å². The van der Waals surface area contributed by atoms with Gasteiger partial charge in [-0.25, -0.2) is 0 Å². The molecule has 0 aliphatic heterocycles. The minimum absolute atomic E-state index is 0.165. The Morgan fingerprint density at radius 1 is 1.18 bits per heavy atom. The van der Waals surface area contributed by atoms with Gasteiger partial charge in [-0.15, -0.1) is 0 Å². The summed E-state index contributed by atoms with van der Waals surface area (Å²) in [5.74, 6) is 1.00. The average molecular weight is 400 g/mol. The number of aromatic nitrogens is 1. The van der Waals surface area contributed by atoms with Gasteiger partial charge in [0.1, 0.15) is 5.76 Å². The fourth-order valence-corrected chi connectivity index (χ4v) is 8.64. The topological polar surface area (TPSA) is 14.2 Å². The van der Waals surface area contributed by atoms with E-state index in [1.807, 2.05) is 0 Å². The van der Waals surface area contributed by atoms with Crippen LogP contribution in [-0.4, -0.2) is 23.0 Å². The van der Waals surface area contributed by atoms with Gasteiger partial charge in [0.25, 0.3) is 0 Å². The molecule has 2 nitrogen and oxygen atoms in total. The van der Waals surface area contributed by atoms with Crippen LogP contribution >= 0.6 is 7.92 Å². The molecule has 1 fully saturated rings. The Bertz CT molecular complexity index is 693. The molecule has 0 saturated heterocycles. The van der Waals surface area contributed by atoms with Crippen molar-refractivity contribution < 1.29 is 4.74 Å². The van der Waals surface area contributed by atoms with Crippen molar-refractivity contribution in [2.24, 2.45) is 0 Å². The number of allylic oxidation sites excluding steroid dienone is 5. The molecule has 1 heterocycles. The van der Waals surface area contributed by atoms with Gasteiger partial charge in [-0.3, -0.25) is 0 Å². The number of hydrogen-bond donors (Lipinski definition) is 0. The van der Waals surface area contributed by atoms with Gasteiger partial charge in [0.05, 0.1) is 12.8 Å². The van der Waals surface area contributed by atoms with Crippen LogP contribution in [-0.2, 0) is 4.74 Å². The Hall–Kier alpha value is -1.27. The van der Waals surface area contributed by atoms with E-state index in [2.05, 4.69) is 61.0 Å². The first kappa shape index (κ1) is 21.4. The Morgan fingerprint density at radius 3 is 2.71 bits per heavy atom. The summed E-state index contributed by atoms with van der Waals surface area (Å²) in [5, 5.41) is 0. The Labute approximate surface area is 173 Å². The first-order valence-corrected chi connectivity index (χ1v) is 12.8. The lowest BCUT2D eigenvalue weighted by atomic mass is 10.0. The zero-order valence-corrected chi connectivity index (χ0v) is 19.0. The van der Waals surface area contributed by atoms with Crippen molar-refractivity contribution in [3.05, 3.63) is 48.4 Å². The van der Waals surface area contributed by atoms with Crippen molar-refractivity contribution in [2.45, 2.75) is 89.4 Å². The second kappa shape index (κ2) is 11.1. The summed E-state index contributed by atoms with van der Waals surface area (Å²) < 4.78 is 8.27. The Morgan fingerprint density at radius 2 is 2.00 bits per heavy atom. The standard InChI is InChI=1S/C25H38NOP/c1-4-6-14-21(5-2)28(22-15-9-7-10-16-22)25-19-13-20-26(25)23-17-11-8-12-18-24(23)27-3/h8,11-13,18-22H,4-7,9-10,14-17H2,1-3H3. The number of methoxy groups -OCH3 is 1. The van der Waals surface area contributed by atoms with Crippen molar-refractivity contribution in [3.8, 4) is 0 Å².